The summed E-state index contributed by atoms with van der Waals surface area (Å²) >= 11 is -1.88. The monoisotopic (exact) mass is 291 g/mol. The second-order valence-corrected chi connectivity index (χ2v) is 19.1. The molecule has 1 aliphatic heterocycles. The summed E-state index contributed by atoms with van der Waals surface area (Å²) in [7, 11) is 0. The van der Waals surface area contributed by atoms with Gasteiger partial charge in [-0.2, -0.15) is 0 Å². The van der Waals surface area contributed by atoms with Crippen LogP contribution in [0, 0.1) is 0 Å². The Labute approximate surface area is 83.3 Å². The fourth-order valence-electron chi connectivity index (χ4n) is 1.52. The van der Waals surface area contributed by atoms with Crippen molar-refractivity contribution in [3.8, 4) is 0 Å². The predicted molar refractivity (Wildman–Crippen MR) is 55.6 cm³/mol. The molecule has 1 heterocycles. The SMILES string of the molecule is [CH3][Sn]([CH3])([CH3])[C]1=CCN(C(=O)O)CC1. The van der Waals surface area contributed by atoms with E-state index in [0.29, 0.717) is 13.1 Å². The van der Waals surface area contributed by atoms with E-state index in [2.05, 4.69) is 20.9 Å². The van der Waals surface area contributed by atoms with Gasteiger partial charge in [-0.25, -0.2) is 0 Å². The van der Waals surface area contributed by atoms with Crippen molar-refractivity contribution in [1.29, 1.82) is 0 Å². The zero-order chi connectivity index (χ0) is 10.1. The maximum absolute atomic E-state index is 10.6. The molecule has 0 aromatic heterocycles. The van der Waals surface area contributed by atoms with Crippen molar-refractivity contribution in [2.45, 2.75) is 21.2 Å². The molecule has 0 unspecified atom stereocenters. The van der Waals surface area contributed by atoms with E-state index >= 15 is 0 Å². The zero-order valence-electron chi connectivity index (χ0n) is 8.50. The van der Waals surface area contributed by atoms with Gasteiger partial charge in [0.05, 0.1) is 0 Å². The van der Waals surface area contributed by atoms with Crippen molar-refractivity contribution < 1.29 is 9.90 Å². The summed E-state index contributed by atoms with van der Waals surface area (Å²) in [5.41, 5.74) is 0. The van der Waals surface area contributed by atoms with Gasteiger partial charge < -0.3 is 0 Å². The van der Waals surface area contributed by atoms with Crippen LogP contribution in [-0.4, -0.2) is 47.6 Å². The molecule has 0 fully saturated rings. The van der Waals surface area contributed by atoms with Crippen molar-refractivity contribution in [3.63, 3.8) is 0 Å². The van der Waals surface area contributed by atoms with Crippen molar-refractivity contribution in [2.75, 3.05) is 13.1 Å². The molecule has 0 aliphatic carbocycles. The molecule has 0 bridgehead atoms. The number of nitrogens with zero attached hydrogens (tertiary/aromatic N) is 1. The van der Waals surface area contributed by atoms with E-state index in [9.17, 15) is 4.79 Å². The first-order valence-electron chi connectivity index (χ1n) is 4.58. The van der Waals surface area contributed by atoms with Gasteiger partial charge in [-0.05, 0) is 0 Å². The number of hydrogen-bond donors (Lipinski definition) is 1. The topological polar surface area (TPSA) is 40.5 Å². The molecule has 4 heteroatoms. The summed E-state index contributed by atoms with van der Waals surface area (Å²) < 4.78 is 1.58. The summed E-state index contributed by atoms with van der Waals surface area (Å²) in [4.78, 5) is 19.2. The molecule has 0 aromatic carbocycles. The molecule has 0 spiro atoms. The molecule has 1 N–H and O–H groups in total. The molecule has 1 aliphatic rings. The van der Waals surface area contributed by atoms with Crippen LogP contribution in [0.4, 0.5) is 4.79 Å². The third-order valence-electron chi connectivity index (χ3n) is 2.44. The number of carboxylic acid groups (broad SMARTS) is 1. The van der Waals surface area contributed by atoms with Gasteiger partial charge >= 0.3 is 83.3 Å². The van der Waals surface area contributed by atoms with Crippen molar-refractivity contribution in [1.82, 2.24) is 4.90 Å². The average molecular weight is 290 g/mol. The molecule has 0 saturated heterocycles. The van der Waals surface area contributed by atoms with E-state index in [4.69, 9.17) is 5.11 Å². The normalized spacial score (nSPS) is 18.4. The van der Waals surface area contributed by atoms with Crippen LogP contribution in [-0.2, 0) is 0 Å². The summed E-state index contributed by atoms with van der Waals surface area (Å²) in [5, 5.41) is 8.74. The summed E-state index contributed by atoms with van der Waals surface area (Å²) in [6, 6.07) is 0. The van der Waals surface area contributed by atoms with Gasteiger partial charge in [-0.15, -0.1) is 0 Å². The predicted octanol–water partition coefficient (Wildman–Crippen LogP) is 2.17. The van der Waals surface area contributed by atoms with E-state index < -0.39 is 24.5 Å². The van der Waals surface area contributed by atoms with Crippen LogP contribution in [0.3, 0.4) is 0 Å². The summed E-state index contributed by atoms with van der Waals surface area (Å²) in [5.74, 6) is 0. The van der Waals surface area contributed by atoms with Gasteiger partial charge in [0, 0.05) is 0 Å². The molecule has 0 saturated carbocycles. The first-order valence-corrected chi connectivity index (χ1v) is 14.6. The molecule has 0 aromatic rings. The van der Waals surface area contributed by atoms with Gasteiger partial charge in [0.15, 0.2) is 0 Å². The van der Waals surface area contributed by atoms with Crippen molar-refractivity contribution in [2.24, 2.45) is 0 Å². The number of carbonyl (C=O) groups is 1. The van der Waals surface area contributed by atoms with E-state index in [-0.39, 0.29) is 0 Å². The van der Waals surface area contributed by atoms with Crippen LogP contribution >= 0.6 is 0 Å². The Morgan fingerprint density at radius 3 is 2.46 bits per heavy atom. The van der Waals surface area contributed by atoms with E-state index in [1.165, 1.54) is 4.90 Å². The average Bonchev–Trinajstić information content (AvgIpc) is 2.03. The van der Waals surface area contributed by atoms with Crippen LogP contribution in [0.15, 0.2) is 9.67 Å². The molecule has 0 radical (unpaired) electrons. The Bertz CT molecular complexity index is 242. The second kappa shape index (κ2) is 3.90. The van der Waals surface area contributed by atoms with Crippen LogP contribution in [0.2, 0.25) is 14.8 Å². The molecule has 13 heavy (non-hydrogen) atoms. The molecule has 74 valence electrons. The van der Waals surface area contributed by atoms with Crippen molar-refractivity contribution >= 4 is 24.5 Å². The Morgan fingerprint density at radius 1 is 1.54 bits per heavy atom. The van der Waals surface area contributed by atoms with Crippen LogP contribution in [0.25, 0.3) is 0 Å². The van der Waals surface area contributed by atoms with Gasteiger partial charge in [-0.1, -0.05) is 0 Å². The first kappa shape index (κ1) is 10.9. The zero-order valence-corrected chi connectivity index (χ0v) is 11.4. The van der Waals surface area contributed by atoms with Gasteiger partial charge in [0.2, 0.25) is 0 Å². The third-order valence-corrected chi connectivity index (χ3v) is 9.24. The van der Waals surface area contributed by atoms with Crippen molar-refractivity contribution in [3.05, 3.63) is 9.67 Å². The Kier molecular flexibility index (Phi) is 3.27. The van der Waals surface area contributed by atoms with Crippen LogP contribution in [0.5, 0.6) is 0 Å². The summed E-state index contributed by atoms with van der Waals surface area (Å²) in [6.45, 7) is 1.29. The molecule has 0 atom stereocenters. The first-order chi connectivity index (χ1) is 5.91. The quantitative estimate of drug-likeness (QED) is 0.752. The number of rotatable bonds is 1. The Hall–Kier alpha value is -0.191. The molecule has 3 nitrogen and oxygen atoms in total. The minimum absolute atomic E-state index is 0.596. The van der Waals surface area contributed by atoms with Crippen LogP contribution < -0.4 is 0 Å². The number of amides is 1. The molecular formula is C9H17NO2Sn. The van der Waals surface area contributed by atoms with Gasteiger partial charge in [0.25, 0.3) is 0 Å². The Balaban J connectivity index is 2.63. The van der Waals surface area contributed by atoms with E-state index in [1.807, 2.05) is 0 Å². The van der Waals surface area contributed by atoms with Gasteiger partial charge in [0.1, 0.15) is 0 Å². The second-order valence-electron chi connectivity index (χ2n) is 4.46. The van der Waals surface area contributed by atoms with E-state index in [1.54, 1.807) is 3.59 Å². The van der Waals surface area contributed by atoms with Gasteiger partial charge in [-0.3, -0.25) is 0 Å². The molecule has 1 amide bonds. The molecular weight excluding hydrogens is 273 g/mol. The maximum atomic E-state index is 10.6. The molecule has 1 rings (SSSR count). The van der Waals surface area contributed by atoms with Crippen LogP contribution in [0.1, 0.15) is 6.42 Å². The fourth-order valence-corrected chi connectivity index (χ4v) is 5.99. The summed E-state index contributed by atoms with van der Waals surface area (Å²) in [6.07, 6.45) is 2.30. The third kappa shape index (κ3) is 2.90. The fraction of sp³-hybridized carbons (Fsp3) is 0.667. The Morgan fingerprint density at radius 2 is 2.15 bits per heavy atom. The minimum atomic E-state index is -1.88. The van der Waals surface area contributed by atoms with E-state index in [0.717, 1.165) is 6.42 Å². The number of hydrogen-bond acceptors (Lipinski definition) is 1. The standard InChI is InChI=1S/C6H8NO2.3CH3.Sn/c8-6(9)7-4-2-1-3-5-7;;;;/h2H,3-5H2,(H,8,9);3*1H3;.